The molecular formula is C20H18F2N2O. The lowest BCUT2D eigenvalue weighted by molar-refractivity contribution is 0.0852. The maximum absolute atomic E-state index is 13.9. The van der Waals surface area contributed by atoms with Crippen LogP contribution >= 0.6 is 0 Å². The number of carbonyl (C=O) groups excluding carboxylic acids is 1. The number of alkyl halides is 2. The Bertz CT molecular complexity index is 1000. The molecule has 25 heavy (non-hydrogen) atoms. The average Bonchev–Trinajstić information content (AvgIpc) is 3.11. The van der Waals surface area contributed by atoms with E-state index in [9.17, 15) is 13.6 Å². The van der Waals surface area contributed by atoms with E-state index in [1.807, 2.05) is 42.5 Å². The standard InChI is InChI=1S/C20H18F2N2O/c21-20(22)15(16(20)10-23)9-13-6-3-5-12-8-11-4-1-2-7-14(11)18(17(12)13)19(24)25/h1-8,15-16H,9-10,23H2,(H2,24,25). The molecule has 0 bridgehead atoms. The Morgan fingerprint density at radius 3 is 2.44 bits per heavy atom. The molecule has 0 spiro atoms. The fourth-order valence-corrected chi connectivity index (χ4v) is 3.92. The third-order valence-electron chi connectivity index (χ3n) is 5.28. The first kappa shape index (κ1) is 16.0. The van der Waals surface area contributed by atoms with Gasteiger partial charge < -0.3 is 11.5 Å². The maximum atomic E-state index is 13.9. The van der Waals surface area contributed by atoms with Gasteiger partial charge in [0.15, 0.2) is 0 Å². The van der Waals surface area contributed by atoms with Gasteiger partial charge in [-0.15, -0.1) is 0 Å². The summed E-state index contributed by atoms with van der Waals surface area (Å²) in [7, 11) is 0. The van der Waals surface area contributed by atoms with E-state index in [0.29, 0.717) is 10.9 Å². The van der Waals surface area contributed by atoms with Crippen molar-refractivity contribution in [2.45, 2.75) is 12.3 Å². The molecule has 4 rings (SSSR count). The molecule has 0 saturated heterocycles. The van der Waals surface area contributed by atoms with Crippen LogP contribution in [-0.4, -0.2) is 18.4 Å². The van der Waals surface area contributed by atoms with Gasteiger partial charge in [0.2, 0.25) is 5.91 Å². The molecule has 4 N–H and O–H groups in total. The predicted molar refractivity (Wildman–Crippen MR) is 94.7 cm³/mol. The van der Waals surface area contributed by atoms with Crippen LogP contribution in [-0.2, 0) is 6.42 Å². The number of halogens is 2. The molecule has 1 saturated carbocycles. The zero-order valence-corrected chi connectivity index (χ0v) is 13.5. The third-order valence-corrected chi connectivity index (χ3v) is 5.28. The maximum Gasteiger partial charge on any atom is 0.256 e. The van der Waals surface area contributed by atoms with Gasteiger partial charge in [-0.05, 0) is 39.6 Å². The number of nitrogens with two attached hydrogens (primary N) is 2. The van der Waals surface area contributed by atoms with Gasteiger partial charge in [0, 0.05) is 18.4 Å². The summed E-state index contributed by atoms with van der Waals surface area (Å²) >= 11 is 0. The quantitative estimate of drug-likeness (QED) is 0.714. The Morgan fingerprint density at radius 1 is 1.04 bits per heavy atom. The van der Waals surface area contributed by atoms with Crippen LogP contribution in [0.3, 0.4) is 0 Å². The molecule has 5 heteroatoms. The van der Waals surface area contributed by atoms with Crippen molar-refractivity contribution in [3.05, 3.63) is 59.7 Å². The fraction of sp³-hybridized carbons (Fsp3) is 0.250. The minimum Gasteiger partial charge on any atom is -0.366 e. The summed E-state index contributed by atoms with van der Waals surface area (Å²) < 4.78 is 27.8. The molecule has 0 aliphatic heterocycles. The summed E-state index contributed by atoms with van der Waals surface area (Å²) in [5, 5.41) is 3.15. The van der Waals surface area contributed by atoms with Gasteiger partial charge in [0.05, 0.1) is 5.56 Å². The van der Waals surface area contributed by atoms with Crippen molar-refractivity contribution in [2.75, 3.05) is 6.54 Å². The zero-order chi connectivity index (χ0) is 17.8. The summed E-state index contributed by atoms with van der Waals surface area (Å²) in [5.41, 5.74) is 12.2. The molecule has 2 atom stereocenters. The number of benzene rings is 3. The topological polar surface area (TPSA) is 69.1 Å². The van der Waals surface area contributed by atoms with Crippen molar-refractivity contribution in [2.24, 2.45) is 23.3 Å². The summed E-state index contributed by atoms with van der Waals surface area (Å²) in [6.07, 6.45) is 0.185. The molecule has 3 nitrogen and oxygen atoms in total. The van der Waals surface area contributed by atoms with Crippen molar-refractivity contribution < 1.29 is 13.6 Å². The Balaban J connectivity index is 1.94. The Labute approximate surface area is 143 Å². The molecule has 1 fully saturated rings. The van der Waals surface area contributed by atoms with E-state index in [1.54, 1.807) is 6.07 Å². The highest BCUT2D eigenvalue weighted by atomic mass is 19.3. The minimum atomic E-state index is -2.74. The minimum absolute atomic E-state index is 0.0337. The van der Waals surface area contributed by atoms with Gasteiger partial charge >= 0.3 is 0 Å². The summed E-state index contributed by atoms with van der Waals surface area (Å²) in [6.45, 7) is -0.0337. The van der Waals surface area contributed by atoms with Gasteiger partial charge in [-0.1, -0.05) is 42.5 Å². The van der Waals surface area contributed by atoms with Crippen molar-refractivity contribution >= 4 is 27.5 Å². The summed E-state index contributed by atoms with van der Waals surface area (Å²) in [5.74, 6) is -4.86. The normalized spacial score (nSPS) is 21.6. The number of rotatable bonds is 4. The van der Waals surface area contributed by atoms with Crippen molar-refractivity contribution in [3.63, 3.8) is 0 Å². The number of primary amides is 1. The van der Waals surface area contributed by atoms with E-state index in [0.717, 1.165) is 21.7 Å². The Morgan fingerprint density at radius 2 is 1.76 bits per heavy atom. The van der Waals surface area contributed by atoms with Gasteiger partial charge in [-0.3, -0.25) is 4.79 Å². The highest BCUT2D eigenvalue weighted by Gasteiger charge is 2.66. The van der Waals surface area contributed by atoms with Gasteiger partial charge in [-0.25, -0.2) is 8.78 Å². The third kappa shape index (κ3) is 2.38. The van der Waals surface area contributed by atoms with E-state index in [4.69, 9.17) is 11.5 Å². The smallest absolute Gasteiger partial charge is 0.256 e. The molecule has 2 unspecified atom stereocenters. The highest BCUT2D eigenvalue weighted by molar-refractivity contribution is 6.18. The van der Waals surface area contributed by atoms with Crippen molar-refractivity contribution in [3.8, 4) is 0 Å². The molecule has 1 aliphatic carbocycles. The van der Waals surface area contributed by atoms with Gasteiger partial charge in [0.25, 0.3) is 5.92 Å². The van der Waals surface area contributed by atoms with Crippen LogP contribution in [0.4, 0.5) is 8.78 Å². The predicted octanol–water partition coefficient (Wildman–Crippen LogP) is 3.47. The largest absolute Gasteiger partial charge is 0.366 e. The summed E-state index contributed by atoms with van der Waals surface area (Å²) in [6, 6.07) is 14.9. The molecule has 3 aromatic rings. The van der Waals surface area contributed by atoms with Crippen LogP contribution in [0.1, 0.15) is 15.9 Å². The summed E-state index contributed by atoms with van der Waals surface area (Å²) in [4.78, 5) is 12.2. The second kappa shape index (κ2) is 5.49. The molecule has 0 heterocycles. The molecule has 3 aromatic carbocycles. The Kier molecular flexibility index (Phi) is 3.51. The Hall–Kier alpha value is -2.53. The van der Waals surface area contributed by atoms with Gasteiger partial charge in [-0.2, -0.15) is 0 Å². The van der Waals surface area contributed by atoms with Crippen LogP contribution in [0.2, 0.25) is 0 Å². The average molecular weight is 340 g/mol. The van der Waals surface area contributed by atoms with Crippen LogP contribution < -0.4 is 11.5 Å². The van der Waals surface area contributed by atoms with Crippen LogP contribution in [0, 0.1) is 11.8 Å². The molecule has 1 aliphatic rings. The fourth-order valence-electron chi connectivity index (χ4n) is 3.92. The van der Waals surface area contributed by atoms with E-state index >= 15 is 0 Å². The molecule has 1 amide bonds. The van der Waals surface area contributed by atoms with E-state index < -0.39 is 23.7 Å². The second-order valence-corrected chi connectivity index (χ2v) is 6.68. The second-order valence-electron chi connectivity index (χ2n) is 6.68. The van der Waals surface area contributed by atoms with Gasteiger partial charge in [0.1, 0.15) is 0 Å². The molecular weight excluding hydrogens is 322 g/mol. The van der Waals surface area contributed by atoms with Crippen LogP contribution in [0.5, 0.6) is 0 Å². The zero-order valence-electron chi connectivity index (χ0n) is 13.5. The van der Waals surface area contributed by atoms with Crippen molar-refractivity contribution in [1.82, 2.24) is 0 Å². The lowest BCUT2D eigenvalue weighted by Crippen LogP contribution is -2.13. The first-order chi connectivity index (χ1) is 11.9. The monoisotopic (exact) mass is 340 g/mol. The molecule has 0 radical (unpaired) electrons. The SMILES string of the molecule is NCC1C(Cc2cccc3cc4ccccc4c(C(N)=O)c23)C1(F)F. The van der Waals surface area contributed by atoms with Crippen LogP contribution in [0.15, 0.2) is 48.5 Å². The van der Waals surface area contributed by atoms with E-state index in [-0.39, 0.29) is 13.0 Å². The molecule has 128 valence electrons. The lowest BCUT2D eigenvalue weighted by atomic mass is 9.91. The number of hydrogen-bond acceptors (Lipinski definition) is 2. The van der Waals surface area contributed by atoms with Crippen LogP contribution in [0.25, 0.3) is 21.5 Å². The first-order valence-electron chi connectivity index (χ1n) is 8.26. The highest BCUT2D eigenvalue weighted by Crippen LogP contribution is 2.56. The first-order valence-corrected chi connectivity index (χ1v) is 8.26. The number of fused-ring (bicyclic) bond motifs is 2. The lowest BCUT2D eigenvalue weighted by Gasteiger charge is -2.13. The number of carbonyl (C=O) groups is 1. The van der Waals surface area contributed by atoms with Crippen molar-refractivity contribution in [1.29, 1.82) is 0 Å². The molecule has 0 aromatic heterocycles. The number of amides is 1. The van der Waals surface area contributed by atoms with E-state index in [1.165, 1.54) is 0 Å². The van der Waals surface area contributed by atoms with E-state index in [2.05, 4.69) is 0 Å². The number of hydrogen-bond donors (Lipinski definition) is 2.